The Labute approximate surface area is 172 Å². The molecule has 28 heavy (non-hydrogen) atoms. The first-order valence-electron chi connectivity index (χ1n) is 8.41. The zero-order chi connectivity index (χ0) is 20.3. The van der Waals surface area contributed by atoms with Crippen molar-refractivity contribution in [1.82, 2.24) is 15.3 Å². The van der Waals surface area contributed by atoms with Crippen molar-refractivity contribution in [3.05, 3.63) is 57.6 Å². The number of rotatable bonds is 6. The maximum Gasteiger partial charge on any atom is 0.422 e. The van der Waals surface area contributed by atoms with Crippen LogP contribution in [0.15, 0.2) is 42.7 Å². The van der Waals surface area contributed by atoms with Crippen LogP contribution in [0.1, 0.15) is 24.2 Å². The van der Waals surface area contributed by atoms with Crippen LogP contribution in [0.25, 0.3) is 10.9 Å². The number of aromatic amines is 1. The van der Waals surface area contributed by atoms with E-state index < -0.39 is 12.8 Å². The first-order valence-corrected chi connectivity index (χ1v) is 9.49. The Bertz CT molecular complexity index is 971. The Morgan fingerprint density at radius 3 is 2.79 bits per heavy atom. The van der Waals surface area contributed by atoms with Gasteiger partial charge in [-0.2, -0.15) is 13.2 Å². The molecule has 2 N–H and O–H groups in total. The van der Waals surface area contributed by atoms with Gasteiger partial charge in [0.1, 0.15) is 5.75 Å². The molecule has 0 aliphatic heterocycles. The molecule has 3 aromatic rings. The molecule has 0 fully saturated rings. The van der Waals surface area contributed by atoms with Crippen LogP contribution >= 0.6 is 22.6 Å². The first kappa shape index (κ1) is 20.4. The summed E-state index contributed by atoms with van der Waals surface area (Å²) in [6, 6.07) is 8.36. The predicted molar refractivity (Wildman–Crippen MR) is 107 cm³/mol. The third kappa shape index (κ3) is 5.37. The zero-order valence-corrected chi connectivity index (χ0v) is 17.0. The number of nitrogens with zero attached hydrogens (tertiary/aromatic N) is 1. The molecule has 0 aliphatic carbocycles. The molecule has 3 rings (SSSR count). The Morgan fingerprint density at radius 1 is 1.32 bits per heavy atom. The van der Waals surface area contributed by atoms with Crippen LogP contribution in [-0.4, -0.2) is 28.7 Å². The van der Waals surface area contributed by atoms with Crippen LogP contribution in [0, 0.1) is 3.57 Å². The fraction of sp³-hybridized carbons (Fsp3) is 0.263. The number of carbonyl (C=O) groups excluding carboxylic acids is 1. The van der Waals surface area contributed by atoms with Gasteiger partial charge in [-0.05, 0) is 53.3 Å². The molecular weight excluding hydrogens is 486 g/mol. The minimum Gasteiger partial charge on any atom is -0.483 e. The number of H-pyrrole nitrogens is 1. The van der Waals surface area contributed by atoms with Crippen LogP contribution in [0.5, 0.6) is 5.75 Å². The van der Waals surface area contributed by atoms with E-state index >= 15 is 0 Å². The number of benzene rings is 1. The van der Waals surface area contributed by atoms with Gasteiger partial charge in [-0.1, -0.05) is 12.1 Å². The zero-order valence-electron chi connectivity index (χ0n) is 14.8. The van der Waals surface area contributed by atoms with Gasteiger partial charge in [0.05, 0.1) is 24.4 Å². The highest BCUT2D eigenvalue weighted by Gasteiger charge is 2.28. The molecule has 9 heteroatoms. The Morgan fingerprint density at radius 2 is 2.11 bits per heavy atom. The average molecular weight is 503 g/mol. The lowest BCUT2D eigenvalue weighted by Crippen LogP contribution is -2.28. The van der Waals surface area contributed by atoms with E-state index in [2.05, 4.69) is 42.6 Å². The van der Waals surface area contributed by atoms with Crippen molar-refractivity contribution in [2.24, 2.45) is 0 Å². The highest BCUT2D eigenvalue weighted by molar-refractivity contribution is 14.1. The lowest BCUT2D eigenvalue weighted by molar-refractivity contribution is -0.153. The highest BCUT2D eigenvalue weighted by Crippen LogP contribution is 2.22. The van der Waals surface area contributed by atoms with E-state index in [9.17, 15) is 18.0 Å². The molecule has 5 nitrogen and oxygen atoms in total. The molecule has 0 saturated heterocycles. The van der Waals surface area contributed by atoms with E-state index in [0.717, 1.165) is 20.0 Å². The number of fused-ring (bicyclic) bond motifs is 1. The molecule has 0 unspecified atom stereocenters. The molecular formula is C19H17F3IN3O2. The molecule has 2 aromatic heterocycles. The van der Waals surface area contributed by atoms with Gasteiger partial charge in [-0.25, -0.2) is 0 Å². The van der Waals surface area contributed by atoms with Gasteiger partial charge in [-0.15, -0.1) is 0 Å². The molecule has 2 heterocycles. The lowest BCUT2D eigenvalue weighted by Gasteiger charge is -2.14. The third-order valence-corrected chi connectivity index (χ3v) is 4.94. The summed E-state index contributed by atoms with van der Waals surface area (Å²) < 4.78 is 42.2. The quantitative estimate of drug-likeness (QED) is 0.486. The van der Waals surface area contributed by atoms with Crippen molar-refractivity contribution in [1.29, 1.82) is 0 Å². The summed E-state index contributed by atoms with van der Waals surface area (Å²) in [5.41, 5.74) is 2.38. The van der Waals surface area contributed by atoms with E-state index in [1.54, 1.807) is 6.92 Å². The SMILES string of the molecule is C[C@@H](NC(=O)Cc1ccc2c(I)c[nH]c2c1)c1ccc(OCC(F)(F)F)cn1. The van der Waals surface area contributed by atoms with Gasteiger partial charge in [0.2, 0.25) is 5.91 Å². The number of hydrogen-bond donors (Lipinski definition) is 2. The number of amides is 1. The topological polar surface area (TPSA) is 67.0 Å². The minimum atomic E-state index is -4.40. The van der Waals surface area contributed by atoms with Crippen molar-refractivity contribution in [2.45, 2.75) is 25.6 Å². The summed E-state index contributed by atoms with van der Waals surface area (Å²) in [5.74, 6) is -0.152. The monoisotopic (exact) mass is 503 g/mol. The second kappa shape index (κ2) is 8.38. The number of hydrogen-bond acceptors (Lipinski definition) is 3. The number of carbonyl (C=O) groups is 1. The Kier molecular flexibility index (Phi) is 6.11. The molecule has 1 amide bonds. The molecule has 1 atom stereocenters. The number of ether oxygens (including phenoxy) is 1. The van der Waals surface area contributed by atoms with Crippen molar-refractivity contribution < 1.29 is 22.7 Å². The van der Waals surface area contributed by atoms with Crippen molar-refractivity contribution >= 4 is 39.4 Å². The Hall–Kier alpha value is -2.30. The van der Waals surface area contributed by atoms with Crippen LogP contribution < -0.4 is 10.1 Å². The largest absolute Gasteiger partial charge is 0.483 e. The number of pyridine rings is 1. The fourth-order valence-corrected chi connectivity index (χ4v) is 3.32. The van der Waals surface area contributed by atoms with Crippen LogP contribution in [0.3, 0.4) is 0 Å². The van der Waals surface area contributed by atoms with E-state index in [1.165, 1.54) is 18.3 Å². The number of halogens is 4. The summed E-state index contributed by atoms with van der Waals surface area (Å²) in [7, 11) is 0. The summed E-state index contributed by atoms with van der Waals surface area (Å²) >= 11 is 2.24. The number of aromatic nitrogens is 2. The van der Waals surface area contributed by atoms with Crippen molar-refractivity contribution in [3.8, 4) is 5.75 Å². The Balaban J connectivity index is 1.57. The van der Waals surface area contributed by atoms with Crippen LogP contribution in [0.2, 0.25) is 0 Å². The van der Waals surface area contributed by atoms with Crippen LogP contribution in [-0.2, 0) is 11.2 Å². The van der Waals surface area contributed by atoms with Gasteiger partial charge in [0.15, 0.2) is 6.61 Å². The molecule has 148 valence electrons. The van der Waals surface area contributed by atoms with Gasteiger partial charge in [0, 0.05) is 20.7 Å². The van der Waals surface area contributed by atoms with E-state index in [0.29, 0.717) is 5.69 Å². The number of alkyl halides is 3. The highest BCUT2D eigenvalue weighted by atomic mass is 127. The van der Waals surface area contributed by atoms with Crippen LogP contribution in [0.4, 0.5) is 13.2 Å². The maximum atomic E-state index is 12.3. The van der Waals surface area contributed by atoms with Gasteiger partial charge in [0.25, 0.3) is 0 Å². The number of nitrogens with one attached hydrogen (secondary N) is 2. The summed E-state index contributed by atoms with van der Waals surface area (Å²) in [4.78, 5) is 19.5. The van der Waals surface area contributed by atoms with Crippen molar-refractivity contribution in [2.75, 3.05) is 6.61 Å². The molecule has 0 spiro atoms. The molecule has 0 bridgehead atoms. The van der Waals surface area contributed by atoms with Gasteiger partial charge < -0.3 is 15.0 Å². The van der Waals surface area contributed by atoms with Gasteiger partial charge in [-0.3, -0.25) is 9.78 Å². The molecule has 1 aromatic carbocycles. The second-order valence-electron chi connectivity index (χ2n) is 6.31. The van der Waals surface area contributed by atoms with E-state index in [-0.39, 0.29) is 24.1 Å². The smallest absolute Gasteiger partial charge is 0.422 e. The van der Waals surface area contributed by atoms with E-state index in [1.807, 2.05) is 24.4 Å². The first-order chi connectivity index (χ1) is 13.2. The maximum absolute atomic E-state index is 12.3. The summed E-state index contributed by atoms with van der Waals surface area (Å²) in [5, 5.41) is 3.95. The predicted octanol–water partition coefficient (Wildman–Crippen LogP) is 4.53. The summed E-state index contributed by atoms with van der Waals surface area (Å²) in [6.07, 6.45) is -1.07. The third-order valence-electron chi connectivity index (χ3n) is 4.04. The standard InChI is InChI=1S/C19H17F3IN3O2/c1-11(16-5-3-13(8-24-16)28-10-19(20,21)22)26-18(27)7-12-2-4-14-15(23)9-25-17(14)6-12/h2-6,8-9,11,25H,7,10H2,1H3,(H,26,27)/t11-/m1/s1. The fourth-order valence-electron chi connectivity index (χ4n) is 2.70. The van der Waals surface area contributed by atoms with E-state index in [4.69, 9.17) is 0 Å². The lowest BCUT2D eigenvalue weighted by atomic mass is 10.1. The summed E-state index contributed by atoms with van der Waals surface area (Å²) in [6.45, 7) is 0.386. The molecule has 0 saturated carbocycles. The average Bonchev–Trinajstić information content (AvgIpc) is 3.00. The molecule has 0 radical (unpaired) electrons. The van der Waals surface area contributed by atoms with Crippen molar-refractivity contribution in [3.63, 3.8) is 0 Å². The minimum absolute atomic E-state index is 0.0217. The second-order valence-corrected chi connectivity index (χ2v) is 7.47. The molecule has 0 aliphatic rings. The normalized spacial score (nSPS) is 12.8. The van der Waals surface area contributed by atoms with Gasteiger partial charge >= 0.3 is 6.18 Å².